The van der Waals surface area contributed by atoms with E-state index in [1.807, 2.05) is 36.9 Å². The van der Waals surface area contributed by atoms with Crippen molar-refractivity contribution in [2.24, 2.45) is 7.05 Å². The van der Waals surface area contributed by atoms with Crippen molar-refractivity contribution in [3.8, 4) is 0 Å². The van der Waals surface area contributed by atoms with Gasteiger partial charge >= 0.3 is 0 Å². The van der Waals surface area contributed by atoms with Crippen molar-refractivity contribution < 1.29 is 0 Å². The zero-order valence-corrected chi connectivity index (χ0v) is 13.7. The van der Waals surface area contributed by atoms with Crippen molar-refractivity contribution >= 4 is 27.5 Å². The zero-order valence-electron chi connectivity index (χ0n) is 11.3. The smallest absolute Gasteiger partial charge is 0.0739 e. The van der Waals surface area contributed by atoms with Crippen LogP contribution in [0, 0.1) is 6.92 Å². The number of rotatable bonds is 4. The first-order chi connectivity index (χ1) is 8.99. The molecule has 19 heavy (non-hydrogen) atoms. The average Bonchev–Trinajstić information content (AvgIpc) is 2.59. The molecule has 0 saturated heterocycles. The standard InChI is InChI=1S/C14H17BrClN3/c1-10-14(15)13(19(3)17-10)9-18(2)8-11-6-4-5-7-12(11)16/h4-7H,8-9H2,1-3H3. The molecule has 0 saturated carbocycles. The van der Waals surface area contributed by atoms with Gasteiger partial charge in [-0.05, 0) is 41.5 Å². The molecule has 1 heterocycles. The minimum absolute atomic E-state index is 0.814. The Kier molecular flexibility index (Phi) is 4.66. The van der Waals surface area contributed by atoms with Crippen molar-refractivity contribution in [3.63, 3.8) is 0 Å². The van der Waals surface area contributed by atoms with E-state index in [0.717, 1.165) is 33.8 Å². The third-order valence-electron chi connectivity index (χ3n) is 3.08. The van der Waals surface area contributed by atoms with Crippen LogP contribution in [-0.4, -0.2) is 21.7 Å². The third kappa shape index (κ3) is 3.38. The summed E-state index contributed by atoms with van der Waals surface area (Å²) >= 11 is 9.78. The van der Waals surface area contributed by atoms with Gasteiger partial charge in [0.05, 0.1) is 15.9 Å². The van der Waals surface area contributed by atoms with Crippen molar-refractivity contribution in [1.82, 2.24) is 14.7 Å². The molecule has 2 rings (SSSR count). The SMILES string of the molecule is Cc1nn(C)c(CN(C)Cc2ccccc2Cl)c1Br. The Labute approximate surface area is 127 Å². The number of aromatic nitrogens is 2. The summed E-state index contributed by atoms with van der Waals surface area (Å²) in [5.41, 5.74) is 3.33. The second kappa shape index (κ2) is 6.07. The van der Waals surface area contributed by atoms with Gasteiger partial charge in [0, 0.05) is 25.2 Å². The number of halogens is 2. The lowest BCUT2D eigenvalue weighted by atomic mass is 10.2. The molecule has 0 unspecified atom stereocenters. The maximum atomic E-state index is 6.18. The summed E-state index contributed by atoms with van der Waals surface area (Å²) in [4.78, 5) is 2.22. The highest BCUT2D eigenvalue weighted by molar-refractivity contribution is 9.10. The normalized spacial score (nSPS) is 11.3. The van der Waals surface area contributed by atoms with E-state index in [1.165, 1.54) is 5.69 Å². The molecule has 1 aromatic heterocycles. The summed E-state index contributed by atoms with van der Waals surface area (Å²) < 4.78 is 3.00. The fourth-order valence-electron chi connectivity index (χ4n) is 2.08. The molecule has 3 nitrogen and oxygen atoms in total. The monoisotopic (exact) mass is 341 g/mol. The van der Waals surface area contributed by atoms with Gasteiger partial charge in [0.2, 0.25) is 0 Å². The lowest BCUT2D eigenvalue weighted by molar-refractivity contribution is 0.309. The molecular weight excluding hydrogens is 326 g/mol. The first-order valence-corrected chi connectivity index (χ1v) is 7.26. The number of hydrogen-bond acceptors (Lipinski definition) is 2. The summed E-state index contributed by atoms with van der Waals surface area (Å²) in [7, 11) is 4.05. The molecule has 0 aliphatic carbocycles. The number of hydrogen-bond donors (Lipinski definition) is 0. The Morgan fingerprint density at radius 1 is 1.32 bits per heavy atom. The largest absolute Gasteiger partial charge is 0.296 e. The van der Waals surface area contributed by atoms with E-state index in [4.69, 9.17) is 11.6 Å². The molecule has 102 valence electrons. The quantitative estimate of drug-likeness (QED) is 0.843. The molecule has 0 amide bonds. The highest BCUT2D eigenvalue weighted by Crippen LogP contribution is 2.23. The molecule has 0 aliphatic rings. The van der Waals surface area contributed by atoms with Gasteiger partial charge in [0.25, 0.3) is 0 Å². The van der Waals surface area contributed by atoms with E-state index in [0.29, 0.717) is 0 Å². The maximum absolute atomic E-state index is 6.18. The van der Waals surface area contributed by atoms with Gasteiger partial charge in [-0.3, -0.25) is 9.58 Å². The minimum atomic E-state index is 0.814. The van der Waals surface area contributed by atoms with Crippen LogP contribution >= 0.6 is 27.5 Å². The Bertz CT molecular complexity index is 580. The van der Waals surface area contributed by atoms with Crippen LogP contribution in [0.25, 0.3) is 0 Å². The Morgan fingerprint density at radius 3 is 2.58 bits per heavy atom. The molecule has 5 heteroatoms. The van der Waals surface area contributed by atoms with Gasteiger partial charge in [-0.25, -0.2) is 0 Å². The Morgan fingerprint density at radius 2 is 2.00 bits per heavy atom. The van der Waals surface area contributed by atoms with E-state index in [2.05, 4.69) is 39.0 Å². The zero-order chi connectivity index (χ0) is 14.0. The van der Waals surface area contributed by atoms with Crippen molar-refractivity contribution in [2.45, 2.75) is 20.0 Å². The first kappa shape index (κ1) is 14.6. The molecule has 0 N–H and O–H groups in total. The molecule has 0 aliphatic heterocycles. The second-order valence-electron chi connectivity index (χ2n) is 4.73. The summed E-state index contributed by atoms with van der Waals surface area (Å²) in [5.74, 6) is 0. The van der Waals surface area contributed by atoms with Crippen LogP contribution in [0.1, 0.15) is 17.0 Å². The molecule has 0 spiro atoms. The van der Waals surface area contributed by atoms with Crippen molar-refractivity contribution in [1.29, 1.82) is 0 Å². The van der Waals surface area contributed by atoms with Gasteiger partial charge in [-0.1, -0.05) is 29.8 Å². The van der Waals surface area contributed by atoms with Crippen LogP contribution in [0.15, 0.2) is 28.7 Å². The van der Waals surface area contributed by atoms with Crippen molar-refractivity contribution in [2.75, 3.05) is 7.05 Å². The second-order valence-corrected chi connectivity index (χ2v) is 5.93. The molecule has 0 atom stereocenters. The van der Waals surface area contributed by atoms with Crippen LogP contribution in [0.5, 0.6) is 0 Å². The molecular formula is C14H17BrClN3. The number of benzene rings is 1. The fourth-order valence-corrected chi connectivity index (χ4v) is 2.74. The number of nitrogens with zero attached hydrogens (tertiary/aromatic N) is 3. The molecule has 0 fully saturated rings. The van der Waals surface area contributed by atoms with Crippen LogP contribution in [0.4, 0.5) is 0 Å². The topological polar surface area (TPSA) is 21.1 Å². The molecule has 1 aromatic carbocycles. The van der Waals surface area contributed by atoms with Crippen LogP contribution in [-0.2, 0) is 20.1 Å². The fraction of sp³-hybridized carbons (Fsp3) is 0.357. The minimum Gasteiger partial charge on any atom is -0.296 e. The van der Waals surface area contributed by atoms with Crippen molar-refractivity contribution in [3.05, 3.63) is 50.7 Å². The Balaban J connectivity index is 2.10. The highest BCUT2D eigenvalue weighted by atomic mass is 79.9. The van der Waals surface area contributed by atoms with Gasteiger partial charge in [-0.15, -0.1) is 0 Å². The van der Waals surface area contributed by atoms with E-state index in [1.54, 1.807) is 0 Å². The lowest BCUT2D eigenvalue weighted by Crippen LogP contribution is -2.19. The maximum Gasteiger partial charge on any atom is 0.0739 e. The summed E-state index contributed by atoms with van der Waals surface area (Å²) in [6.07, 6.45) is 0. The first-order valence-electron chi connectivity index (χ1n) is 6.09. The van der Waals surface area contributed by atoms with Crippen LogP contribution in [0.3, 0.4) is 0 Å². The highest BCUT2D eigenvalue weighted by Gasteiger charge is 2.13. The van der Waals surface area contributed by atoms with E-state index >= 15 is 0 Å². The van der Waals surface area contributed by atoms with Gasteiger partial charge in [-0.2, -0.15) is 5.10 Å². The van der Waals surface area contributed by atoms with E-state index in [9.17, 15) is 0 Å². The third-order valence-corrected chi connectivity index (χ3v) is 4.48. The predicted octanol–water partition coefficient (Wildman–Crippen LogP) is 3.78. The average molecular weight is 343 g/mol. The molecule has 0 radical (unpaired) electrons. The van der Waals surface area contributed by atoms with Gasteiger partial charge in [0.1, 0.15) is 0 Å². The Hall–Kier alpha value is -0.840. The molecule has 0 bridgehead atoms. The number of aryl methyl sites for hydroxylation is 2. The van der Waals surface area contributed by atoms with E-state index in [-0.39, 0.29) is 0 Å². The van der Waals surface area contributed by atoms with Gasteiger partial charge in [0.15, 0.2) is 0 Å². The predicted molar refractivity (Wildman–Crippen MR) is 82.3 cm³/mol. The van der Waals surface area contributed by atoms with Crippen LogP contribution in [0.2, 0.25) is 5.02 Å². The van der Waals surface area contributed by atoms with Gasteiger partial charge < -0.3 is 0 Å². The summed E-state index contributed by atoms with van der Waals surface area (Å²) in [6.45, 7) is 3.64. The van der Waals surface area contributed by atoms with Crippen LogP contribution < -0.4 is 0 Å². The summed E-state index contributed by atoms with van der Waals surface area (Å²) in [5, 5.41) is 5.22. The van der Waals surface area contributed by atoms with E-state index < -0.39 is 0 Å². The molecule has 2 aromatic rings. The lowest BCUT2D eigenvalue weighted by Gasteiger charge is -2.18. The summed E-state index contributed by atoms with van der Waals surface area (Å²) in [6, 6.07) is 7.95.